The predicted molar refractivity (Wildman–Crippen MR) is 91.4 cm³/mol. The van der Waals surface area contributed by atoms with Crippen molar-refractivity contribution in [1.29, 1.82) is 0 Å². The van der Waals surface area contributed by atoms with Crippen molar-refractivity contribution in [3.63, 3.8) is 0 Å². The van der Waals surface area contributed by atoms with E-state index in [0.29, 0.717) is 24.0 Å². The van der Waals surface area contributed by atoms with Crippen LogP contribution in [0.1, 0.15) is 44.9 Å². The molecule has 3 unspecified atom stereocenters. The van der Waals surface area contributed by atoms with Gasteiger partial charge in [-0.25, -0.2) is 0 Å². The maximum absolute atomic E-state index is 9.57. The van der Waals surface area contributed by atoms with E-state index >= 15 is 0 Å². The monoisotopic (exact) mass is 332 g/mol. The first-order chi connectivity index (χ1) is 11.8. The first-order valence-electron chi connectivity index (χ1n) is 9.45. The Balaban J connectivity index is 1.22. The third-order valence-electron chi connectivity index (χ3n) is 5.71. The Morgan fingerprint density at radius 3 is 2.25 bits per heavy atom. The van der Waals surface area contributed by atoms with Crippen molar-refractivity contribution < 1.29 is 19.3 Å². The summed E-state index contributed by atoms with van der Waals surface area (Å²) in [7, 11) is 0. The zero-order valence-corrected chi connectivity index (χ0v) is 14.2. The number of benzene rings is 1. The number of aliphatic hydroxyl groups excluding tert-OH is 1. The summed E-state index contributed by atoms with van der Waals surface area (Å²) in [6, 6.07) is 7.99. The van der Waals surface area contributed by atoms with Crippen LogP contribution < -0.4 is 9.47 Å². The summed E-state index contributed by atoms with van der Waals surface area (Å²) in [5.74, 6) is 2.96. The van der Waals surface area contributed by atoms with Crippen LogP contribution in [0, 0.1) is 11.8 Å². The first kappa shape index (κ1) is 16.2. The van der Waals surface area contributed by atoms with Gasteiger partial charge in [0.2, 0.25) is 0 Å². The molecule has 1 heterocycles. The minimum absolute atomic E-state index is 0.103. The maximum Gasteiger partial charge on any atom is 0.122 e. The number of fused-ring (bicyclic) bond motifs is 1. The molecule has 1 aromatic carbocycles. The van der Waals surface area contributed by atoms with Gasteiger partial charge in [-0.1, -0.05) is 6.07 Å². The average Bonchev–Trinajstić information content (AvgIpc) is 3.39. The van der Waals surface area contributed by atoms with Gasteiger partial charge in [0.15, 0.2) is 0 Å². The molecule has 0 radical (unpaired) electrons. The maximum atomic E-state index is 9.57. The van der Waals surface area contributed by atoms with Gasteiger partial charge >= 0.3 is 0 Å². The van der Waals surface area contributed by atoms with Crippen LogP contribution in [0.15, 0.2) is 24.3 Å². The summed E-state index contributed by atoms with van der Waals surface area (Å²) in [5.41, 5.74) is 0. The van der Waals surface area contributed by atoms with Gasteiger partial charge in [-0.3, -0.25) is 0 Å². The lowest BCUT2D eigenvalue weighted by molar-refractivity contribution is 0.0916. The fourth-order valence-corrected chi connectivity index (χ4v) is 4.03. The second-order valence-corrected chi connectivity index (χ2v) is 7.66. The number of hydrogen-bond donors (Lipinski definition) is 1. The van der Waals surface area contributed by atoms with Crippen molar-refractivity contribution in [3.05, 3.63) is 24.3 Å². The Kier molecular flexibility index (Phi) is 4.95. The quantitative estimate of drug-likeness (QED) is 0.809. The zero-order valence-electron chi connectivity index (χ0n) is 14.2. The molecule has 2 aliphatic carbocycles. The van der Waals surface area contributed by atoms with Crippen LogP contribution in [0.2, 0.25) is 0 Å². The van der Waals surface area contributed by atoms with E-state index in [0.717, 1.165) is 56.8 Å². The van der Waals surface area contributed by atoms with Crippen LogP contribution in [0.25, 0.3) is 0 Å². The molecule has 132 valence electrons. The summed E-state index contributed by atoms with van der Waals surface area (Å²) in [6.07, 6.45) is 8.45. The predicted octanol–water partition coefficient (Wildman–Crippen LogP) is 3.56. The van der Waals surface area contributed by atoms with Crippen molar-refractivity contribution in [2.45, 2.75) is 63.3 Å². The van der Waals surface area contributed by atoms with Crippen LogP contribution in [0.3, 0.4) is 0 Å². The number of aliphatic hydroxyl groups is 1. The van der Waals surface area contributed by atoms with E-state index < -0.39 is 0 Å². The van der Waals surface area contributed by atoms with Crippen molar-refractivity contribution in [2.24, 2.45) is 11.8 Å². The van der Waals surface area contributed by atoms with Crippen LogP contribution in [0.4, 0.5) is 0 Å². The van der Waals surface area contributed by atoms with Gasteiger partial charge in [0, 0.05) is 6.07 Å². The summed E-state index contributed by atoms with van der Waals surface area (Å²) in [4.78, 5) is 0. The Morgan fingerprint density at radius 1 is 0.875 bits per heavy atom. The molecule has 1 N–H and O–H groups in total. The van der Waals surface area contributed by atoms with E-state index in [2.05, 4.69) is 0 Å². The van der Waals surface area contributed by atoms with E-state index in [9.17, 15) is 5.11 Å². The van der Waals surface area contributed by atoms with Gasteiger partial charge in [-0.15, -0.1) is 0 Å². The van der Waals surface area contributed by atoms with Crippen molar-refractivity contribution >= 4 is 0 Å². The lowest BCUT2D eigenvalue weighted by atomic mass is 9.88. The highest BCUT2D eigenvalue weighted by Gasteiger charge is 2.43. The van der Waals surface area contributed by atoms with Gasteiger partial charge in [-0.2, -0.15) is 0 Å². The van der Waals surface area contributed by atoms with Gasteiger partial charge in [0.05, 0.1) is 31.5 Å². The van der Waals surface area contributed by atoms with Gasteiger partial charge in [-0.05, 0) is 68.9 Å². The van der Waals surface area contributed by atoms with Gasteiger partial charge < -0.3 is 19.3 Å². The van der Waals surface area contributed by atoms with Crippen LogP contribution in [-0.2, 0) is 4.74 Å². The zero-order chi connectivity index (χ0) is 16.4. The molecule has 4 heteroatoms. The molecule has 24 heavy (non-hydrogen) atoms. The molecule has 0 bridgehead atoms. The summed E-state index contributed by atoms with van der Waals surface area (Å²) in [5, 5.41) is 9.57. The Hall–Kier alpha value is -1.26. The Labute approximate surface area is 144 Å². The molecular weight excluding hydrogens is 304 g/mol. The molecule has 3 aliphatic rings. The SMILES string of the molecule is OC1CCC(COc2cccc(OCC3CCC4OC4C3)c2)CC1. The third-order valence-corrected chi connectivity index (χ3v) is 5.71. The van der Waals surface area contributed by atoms with Crippen molar-refractivity contribution in [2.75, 3.05) is 13.2 Å². The molecule has 1 saturated heterocycles. The first-order valence-corrected chi connectivity index (χ1v) is 9.45. The molecule has 2 saturated carbocycles. The van der Waals surface area contributed by atoms with Crippen LogP contribution in [0.5, 0.6) is 11.5 Å². The molecule has 1 aliphatic heterocycles. The third kappa shape index (κ3) is 4.22. The standard InChI is InChI=1S/C20H28O4/c21-16-7-4-14(5-8-16)12-22-17-2-1-3-18(11-17)23-13-15-6-9-19-20(10-15)24-19/h1-3,11,14-16,19-21H,4-10,12-13H2. The Morgan fingerprint density at radius 2 is 1.54 bits per heavy atom. The molecule has 3 atom stereocenters. The second kappa shape index (κ2) is 7.32. The van der Waals surface area contributed by atoms with Crippen LogP contribution >= 0.6 is 0 Å². The molecule has 0 amide bonds. The van der Waals surface area contributed by atoms with E-state index in [4.69, 9.17) is 14.2 Å². The highest BCUT2D eigenvalue weighted by atomic mass is 16.6. The van der Waals surface area contributed by atoms with E-state index in [1.54, 1.807) is 0 Å². The highest BCUT2D eigenvalue weighted by molar-refractivity contribution is 5.33. The topological polar surface area (TPSA) is 51.2 Å². The summed E-state index contributed by atoms with van der Waals surface area (Å²) < 4.78 is 17.5. The lowest BCUT2D eigenvalue weighted by Crippen LogP contribution is -2.22. The molecule has 0 spiro atoms. The van der Waals surface area contributed by atoms with Gasteiger partial charge in [0.25, 0.3) is 0 Å². The number of rotatable bonds is 6. The van der Waals surface area contributed by atoms with Gasteiger partial charge in [0.1, 0.15) is 11.5 Å². The Bertz CT molecular complexity index is 538. The number of epoxide rings is 1. The van der Waals surface area contributed by atoms with Crippen molar-refractivity contribution in [3.8, 4) is 11.5 Å². The largest absolute Gasteiger partial charge is 0.493 e. The summed E-state index contributed by atoms with van der Waals surface area (Å²) >= 11 is 0. The fourth-order valence-electron chi connectivity index (χ4n) is 4.03. The number of hydrogen-bond acceptors (Lipinski definition) is 4. The minimum Gasteiger partial charge on any atom is -0.493 e. The second-order valence-electron chi connectivity index (χ2n) is 7.66. The molecule has 3 fully saturated rings. The minimum atomic E-state index is -0.103. The molecule has 0 aromatic heterocycles. The average molecular weight is 332 g/mol. The van der Waals surface area contributed by atoms with E-state index in [-0.39, 0.29) is 6.10 Å². The molecule has 1 aromatic rings. The normalized spacial score (nSPS) is 35.1. The van der Waals surface area contributed by atoms with E-state index in [1.807, 2.05) is 24.3 Å². The number of ether oxygens (including phenoxy) is 3. The molecule has 4 rings (SSSR count). The van der Waals surface area contributed by atoms with Crippen molar-refractivity contribution in [1.82, 2.24) is 0 Å². The van der Waals surface area contributed by atoms with E-state index in [1.165, 1.54) is 12.8 Å². The lowest BCUT2D eigenvalue weighted by Gasteiger charge is -2.25. The fraction of sp³-hybridized carbons (Fsp3) is 0.700. The highest BCUT2D eigenvalue weighted by Crippen LogP contribution is 2.39. The molecule has 4 nitrogen and oxygen atoms in total. The molecular formula is C20H28O4. The summed E-state index contributed by atoms with van der Waals surface area (Å²) in [6.45, 7) is 1.51. The van der Waals surface area contributed by atoms with Crippen LogP contribution in [-0.4, -0.2) is 36.6 Å². The smallest absolute Gasteiger partial charge is 0.122 e.